The van der Waals surface area contributed by atoms with Gasteiger partial charge in [-0.1, -0.05) is 38.1 Å². The van der Waals surface area contributed by atoms with Gasteiger partial charge in [-0.05, 0) is 48.6 Å². The summed E-state index contributed by atoms with van der Waals surface area (Å²) in [6.45, 7) is 4.79. The van der Waals surface area contributed by atoms with E-state index in [4.69, 9.17) is 5.73 Å². The third-order valence-electron chi connectivity index (χ3n) is 5.04. The monoisotopic (exact) mass is 258 g/mol. The van der Waals surface area contributed by atoms with E-state index < -0.39 is 0 Å². The first-order valence-corrected chi connectivity index (χ1v) is 7.66. The molecule has 2 nitrogen and oxygen atoms in total. The van der Waals surface area contributed by atoms with Gasteiger partial charge in [-0.25, -0.2) is 0 Å². The molecule has 104 valence electrons. The van der Waals surface area contributed by atoms with Crippen LogP contribution in [0.2, 0.25) is 0 Å². The predicted octanol–water partition coefficient (Wildman–Crippen LogP) is 3.69. The molecule has 0 bridgehead atoms. The lowest BCUT2D eigenvalue weighted by Crippen LogP contribution is -2.37. The molecule has 3 N–H and O–H groups in total. The highest BCUT2D eigenvalue weighted by Crippen LogP contribution is 2.40. The quantitative estimate of drug-likeness (QED) is 0.849. The third kappa shape index (κ3) is 2.70. The number of nitrogens with one attached hydrogen (secondary N) is 1. The molecule has 0 spiro atoms. The van der Waals surface area contributed by atoms with E-state index in [-0.39, 0.29) is 6.04 Å². The first kappa shape index (κ1) is 13.1. The van der Waals surface area contributed by atoms with Crippen LogP contribution in [0.25, 0.3) is 0 Å². The fourth-order valence-electron chi connectivity index (χ4n) is 3.68. The van der Waals surface area contributed by atoms with Crippen molar-refractivity contribution in [3.05, 3.63) is 35.4 Å². The van der Waals surface area contributed by atoms with Crippen LogP contribution in [0, 0.1) is 5.41 Å². The van der Waals surface area contributed by atoms with Gasteiger partial charge in [0, 0.05) is 18.1 Å². The van der Waals surface area contributed by atoms with Gasteiger partial charge in [0.05, 0.1) is 0 Å². The normalized spacial score (nSPS) is 30.3. The van der Waals surface area contributed by atoms with E-state index >= 15 is 0 Å². The first-order chi connectivity index (χ1) is 9.05. The van der Waals surface area contributed by atoms with Crippen LogP contribution in [-0.4, -0.2) is 6.04 Å². The molecule has 0 radical (unpaired) electrons. The molecule has 2 atom stereocenters. The minimum absolute atomic E-state index is 0.216. The van der Waals surface area contributed by atoms with Gasteiger partial charge in [-0.2, -0.15) is 0 Å². The standard InChI is InChI=1S/C17H26N2/c1-17(2)9-7-12(8-10-17)19-16-11-15(18)13-5-3-4-6-14(13)16/h3-6,12,15-16,19H,7-11,18H2,1-2H3. The van der Waals surface area contributed by atoms with Crippen LogP contribution in [0.15, 0.2) is 24.3 Å². The Kier molecular flexibility index (Phi) is 3.40. The largest absolute Gasteiger partial charge is 0.324 e. The van der Waals surface area contributed by atoms with Crippen molar-refractivity contribution in [1.82, 2.24) is 5.32 Å². The van der Waals surface area contributed by atoms with Crippen LogP contribution in [0.4, 0.5) is 0 Å². The van der Waals surface area contributed by atoms with Crippen LogP contribution in [0.5, 0.6) is 0 Å². The van der Waals surface area contributed by atoms with Crippen LogP contribution < -0.4 is 11.1 Å². The van der Waals surface area contributed by atoms with Crippen LogP contribution in [0.3, 0.4) is 0 Å². The van der Waals surface area contributed by atoms with Crippen molar-refractivity contribution in [2.24, 2.45) is 11.1 Å². The molecule has 0 amide bonds. The van der Waals surface area contributed by atoms with Crippen molar-refractivity contribution >= 4 is 0 Å². The van der Waals surface area contributed by atoms with Crippen molar-refractivity contribution in [3.8, 4) is 0 Å². The lowest BCUT2D eigenvalue weighted by molar-refractivity contribution is 0.197. The molecule has 2 heteroatoms. The van der Waals surface area contributed by atoms with Gasteiger partial charge in [0.1, 0.15) is 0 Å². The molecule has 19 heavy (non-hydrogen) atoms. The maximum absolute atomic E-state index is 6.24. The average Bonchev–Trinajstić information content (AvgIpc) is 2.70. The Morgan fingerprint density at radius 3 is 2.42 bits per heavy atom. The van der Waals surface area contributed by atoms with Crippen molar-refractivity contribution < 1.29 is 0 Å². The van der Waals surface area contributed by atoms with E-state index in [2.05, 4.69) is 43.4 Å². The highest BCUT2D eigenvalue weighted by Gasteiger charge is 2.32. The van der Waals surface area contributed by atoms with Gasteiger partial charge in [0.2, 0.25) is 0 Å². The molecule has 1 saturated carbocycles. The van der Waals surface area contributed by atoms with E-state index in [1.54, 1.807) is 0 Å². The second-order valence-electron chi connectivity index (χ2n) is 7.13. The molecule has 1 fully saturated rings. The summed E-state index contributed by atoms with van der Waals surface area (Å²) in [7, 11) is 0. The Labute approximate surface area is 116 Å². The Bertz CT molecular complexity index is 442. The number of rotatable bonds is 2. The number of hydrogen-bond acceptors (Lipinski definition) is 2. The van der Waals surface area contributed by atoms with Gasteiger partial charge in [-0.15, -0.1) is 0 Å². The molecule has 2 unspecified atom stereocenters. The van der Waals surface area contributed by atoms with E-state index in [9.17, 15) is 0 Å². The Hall–Kier alpha value is -0.860. The molecule has 2 aliphatic carbocycles. The summed E-state index contributed by atoms with van der Waals surface area (Å²) in [4.78, 5) is 0. The van der Waals surface area contributed by atoms with Gasteiger partial charge in [0.25, 0.3) is 0 Å². The molecule has 0 aliphatic heterocycles. The van der Waals surface area contributed by atoms with Crippen LogP contribution >= 0.6 is 0 Å². The number of benzene rings is 1. The lowest BCUT2D eigenvalue weighted by Gasteiger charge is -2.36. The molecule has 1 aromatic rings. The molecule has 1 aromatic carbocycles. The van der Waals surface area contributed by atoms with Crippen molar-refractivity contribution in [2.45, 2.75) is 64.1 Å². The zero-order valence-corrected chi connectivity index (χ0v) is 12.2. The highest BCUT2D eigenvalue weighted by molar-refractivity contribution is 5.37. The van der Waals surface area contributed by atoms with Crippen molar-refractivity contribution in [3.63, 3.8) is 0 Å². The summed E-state index contributed by atoms with van der Waals surface area (Å²) >= 11 is 0. The summed E-state index contributed by atoms with van der Waals surface area (Å²) in [6.07, 6.45) is 6.34. The molecule has 0 aromatic heterocycles. The summed E-state index contributed by atoms with van der Waals surface area (Å²) in [5.41, 5.74) is 9.56. The molecule has 0 saturated heterocycles. The summed E-state index contributed by atoms with van der Waals surface area (Å²) in [5, 5.41) is 3.86. The van der Waals surface area contributed by atoms with E-state index in [1.165, 1.54) is 36.8 Å². The SMILES string of the molecule is CC1(C)CCC(NC2CC(N)c3ccccc32)CC1. The fourth-order valence-corrected chi connectivity index (χ4v) is 3.68. The second-order valence-corrected chi connectivity index (χ2v) is 7.13. The average molecular weight is 258 g/mol. The topological polar surface area (TPSA) is 38.0 Å². The van der Waals surface area contributed by atoms with Crippen molar-refractivity contribution in [2.75, 3.05) is 0 Å². The van der Waals surface area contributed by atoms with E-state index in [0.717, 1.165) is 6.42 Å². The molecule has 2 aliphatic rings. The predicted molar refractivity (Wildman–Crippen MR) is 79.9 cm³/mol. The van der Waals surface area contributed by atoms with Crippen LogP contribution in [-0.2, 0) is 0 Å². The highest BCUT2D eigenvalue weighted by atomic mass is 15.0. The zero-order chi connectivity index (χ0) is 13.5. The first-order valence-electron chi connectivity index (χ1n) is 7.66. The number of fused-ring (bicyclic) bond motifs is 1. The summed E-state index contributed by atoms with van der Waals surface area (Å²) < 4.78 is 0. The zero-order valence-electron chi connectivity index (χ0n) is 12.2. The third-order valence-corrected chi connectivity index (χ3v) is 5.04. The smallest absolute Gasteiger partial charge is 0.0344 e. The van der Waals surface area contributed by atoms with Crippen molar-refractivity contribution in [1.29, 1.82) is 0 Å². The minimum Gasteiger partial charge on any atom is -0.324 e. The molecular formula is C17H26N2. The molecule has 3 rings (SSSR count). The van der Waals surface area contributed by atoms with Gasteiger partial charge in [-0.3, -0.25) is 0 Å². The molecular weight excluding hydrogens is 232 g/mol. The van der Waals surface area contributed by atoms with E-state index in [0.29, 0.717) is 17.5 Å². The number of hydrogen-bond donors (Lipinski definition) is 2. The maximum Gasteiger partial charge on any atom is 0.0344 e. The van der Waals surface area contributed by atoms with Gasteiger partial charge < -0.3 is 11.1 Å². The summed E-state index contributed by atoms with van der Waals surface area (Å²) in [5.74, 6) is 0. The Morgan fingerprint density at radius 1 is 1.11 bits per heavy atom. The minimum atomic E-state index is 0.216. The van der Waals surface area contributed by atoms with Gasteiger partial charge in [0.15, 0.2) is 0 Å². The van der Waals surface area contributed by atoms with E-state index in [1.807, 2.05) is 0 Å². The lowest BCUT2D eigenvalue weighted by atomic mass is 9.75. The maximum atomic E-state index is 6.24. The van der Waals surface area contributed by atoms with Gasteiger partial charge >= 0.3 is 0 Å². The summed E-state index contributed by atoms with van der Waals surface area (Å²) in [6, 6.07) is 10.0. The fraction of sp³-hybridized carbons (Fsp3) is 0.647. The molecule has 0 heterocycles. The van der Waals surface area contributed by atoms with Crippen LogP contribution in [0.1, 0.15) is 69.2 Å². The Morgan fingerprint density at radius 2 is 1.74 bits per heavy atom. The number of nitrogens with two attached hydrogens (primary N) is 1. The Balaban J connectivity index is 1.66. The second kappa shape index (κ2) is 4.92.